The van der Waals surface area contributed by atoms with E-state index >= 15 is 0 Å². The summed E-state index contributed by atoms with van der Waals surface area (Å²) in [5.41, 5.74) is 2.64. The highest BCUT2D eigenvalue weighted by Gasteiger charge is 2.13. The van der Waals surface area contributed by atoms with Crippen molar-refractivity contribution in [1.29, 1.82) is 0 Å². The fraction of sp³-hybridized carbons (Fsp3) is 0.688. The number of hydrogen-bond donors (Lipinski definition) is 1. The monoisotopic (exact) mass is 263 g/mol. The van der Waals surface area contributed by atoms with Crippen LogP contribution in [0.5, 0.6) is 0 Å². The number of nitrogens with one attached hydrogen (secondary N) is 1. The van der Waals surface area contributed by atoms with Gasteiger partial charge in [0, 0.05) is 25.3 Å². The second-order valence-corrected chi connectivity index (χ2v) is 5.28. The first-order valence-electron chi connectivity index (χ1n) is 7.60. The number of anilines is 1. The third kappa shape index (κ3) is 5.19. The molecule has 3 nitrogen and oxygen atoms in total. The predicted octanol–water partition coefficient (Wildman–Crippen LogP) is 3.60. The van der Waals surface area contributed by atoms with E-state index in [-0.39, 0.29) is 0 Å². The lowest BCUT2D eigenvalue weighted by molar-refractivity contribution is 0.619. The highest BCUT2D eigenvalue weighted by atomic mass is 15.2. The summed E-state index contributed by atoms with van der Waals surface area (Å²) in [5, 5.41) is 3.41. The lowest BCUT2D eigenvalue weighted by Crippen LogP contribution is -2.33. The highest BCUT2D eigenvalue weighted by Crippen LogP contribution is 2.22. The van der Waals surface area contributed by atoms with E-state index in [0.717, 1.165) is 19.6 Å². The van der Waals surface area contributed by atoms with Crippen molar-refractivity contribution >= 4 is 5.69 Å². The van der Waals surface area contributed by atoms with Gasteiger partial charge in [0.2, 0.25) is 0 Å². The van der Waals surface area contributed by atoms with Gasteiger partial charge in [0.15, 0.2) is 0 Å². The molecule has 0 atom stereocenters. The molecule has 0 aliphatic rings. The van der Waals surface area contributed by atoms with Crippen molar-refractivity contribution in [2.75, 3.05) is 18.0 Å². The van der Waals surface area contributed by atoms with Crippen molar-refractivity contribution in [2.45, 2.75) is 59.5 Å². The molecule has 1 N–H and O–H groups in total. The molecule has 0 fully saturated rings. The van der Waals surface area contributed by atoms with Crippen molar-refractivity contribution in [3.05, 3.63) is 24.0 Å². The van der Waals surface area contributed by atoms with Gasteiger partial charge in [0.1, 0.15) is 0 Å². The summed E-state index contributed by atoms with van der Waals surface area (Å²) >= 11 is 0. The van der Waals surface area contributed by atoms with Crippen LogP contribution in [-0.4, -0.2) is 24.1 Å². The van der Waals surface area contributed by atoms with Gasteiger partial charge < -0.3 is 10.2 Å². The Morgan fingerprint density at radius 3 is 2.68 bits per heavy atom. The van der Waals surface area contributed by atoms with E-state index in [0.29, 0.717) is 6.04 Å². The Morgan fingerprint density at radius 2 is 2.05 bits per heavy atom. The fourth-order valence-corrected chi connectivity index (χ4v) is 2.27. The molecule has 108 valence electrons. The van der Waals surface area contributed by atoms with E-state index in [2.05, 4.69) is 49.0 Å². The molecule has 0 aliphatic heterocycles. The van der Waals surface area contributed by atoms with E-state index in [1.54, 1.807) is 0 Å². The molecule has 0 spiro atoms. The summed E-state index contributed by atoms with van der Waals surface area (Å²) in [5.74, 6) is 0. The van der Waals surface area contributed by atoms with Crippen molar-refractivity contribution in [3.8, 4) is 0 Å². The lowest BCUT2D eigenvalue weighted by atomic mass is 10.1. The second-order valence-electron chi connectivity index (χ2n) is 5.28. The van der Waals surface area contributed by atoms with Gasteiger partial charge in [0.05, 0.1) is 11.9 Å². The average molecular weight is 263 g/mol. The predicted molar refractivity (Wildman–Crippen MR) is 83.6 cm³/mol. The minimum absolute atomic E-state index is 0.515. The number of rotatable bonds is 9. The molecule has 0 aliphatic carbocycles. The SMILES string of the molecule is CCCCCN(c1cnccc1CNCC)C(C)C. The van der Waals surface area contributed by atoms with Gasteiger partial charge in [-0.2, -0.15) is 0 Å². The Hall–Kier alpha value is -1.09. The van der Waals surface area contributed by atoms with Crippen molar-refractivity contribution < 1.29 is 0 Å². The van der Waals surface area contributed by atoms with Gasteiger partial charge >= 0.3 is 0 Å². The molecule has 1 aromatic rings. The van der Waals surface area contributed by atoms with E-state index in [1.807, 2.05) is 12.4 Å². The van der Waals surface area contributed by atoms with Crippen LogP contribution in [0, 0.1) is 0 Å². The molecule has 1 aromatic heterocycles. The van der Waals surface area contributed by atoms with Crippen molar-refractivity contribution in [3.63, 3.8) is 0 Å². The van der Waals surface area contributed by atoms with Gasteiger partial charge in [-0.1, -0.05) is 26.7 Å². The molecule has 0 aromatic carbocycles. The molecular formula is C16H29N3. The maximum absolute atomic E-state index is 4.32. The summed E-state index contributed by atoms with van der Waals surface area (Å²) < 4.78 is 0. The molecule has 0 amide bonds. The average Bonchev–Trinajstić information content (AvgIpc) is 2.41. The molecule has 0 bridgehead atoms. The topological polar surface area (TPSA) is 28.2 Å². The first kappa shape index (κ1) is 16.0. The molecule has 19 heavy (non-hydrogen) atoms. The minimum atomic E-state index is 0.515. The van der Waals surface area contributed by atoms with E-state index in [9.17, 15) is 0 Å². The zero-order valence-corrected chi connectivity index (χ0v) is 12.9. The summed E-state index contributed by atoms with van der Waals surface area (Å²) in [6, 6.07) is 2.65. The molecule has 0 saturated heterocycles. The standard InChI is InChI=1S/C16H29N3/c1-5-7-8-11-19(14(3)4)16-13-18-10-9-15(16)12-17-6-2/h9-10,13-14,17H,5-8,11-12H2,1-4H3. The second kappa shape index (κ2) is 8.92. The number of nitrogens with zero attached hydrogens (tertiary/aromatic N) is 2. The lowest BCUT2D eigenvalue weighted by Gasteiger charge is -2.30. The van der Waals surface area contributed by atoms with Gasteiger partial charge in [0.25, 0.3) is 0 Å². The van der Waals surface area contributed by atoms with Crippen molar-refractivity contribution in [2.24, 2.45) is 0 Å². The van der Waals surface area contributed by atoms with Gasteiger partial charge in [-0.05, 0) is 38.4 Å². The van der Waals surface area contributed by atoms with Gasteiger partial charge in [-0.15, -0.1) is 0 Å². The quantitative estimate of drug-likeness (QED) is 0.690. The van der Waals surface area contributed by atoms with E-state index < -0.39 is 0 Å². The van der Waals surface area contributed by atoms with Crippen LogP contribution in [0.25, 0.3) is 0 Å². The van der Waals surface area contributed by atoms with Crippen LogP contribution < -0.4 is 10.2 Å². The Balaban J connectivity index is 2.82. The van der Waals surface area contributed by atoms with Crippen LogP contribution in [-0.2, 0) is 6.54 Å². The van der Waals surface area contributed by atoms with Crippen LogP contribution in [0.3, 0.4) is 0 Å². The van der Waals surface area contributed by atoms with E-state index in [1.165, 1.54) is 30.5 Å². The molecule has 0 saturated carbocycles. The fourth-order valence-electron chi connectivity index (χ4n) is 2.27. The number of aromatic nitrogens is 1. The van der Waals surface area contributed by atoms with Gasteiger partial charge in [-0.3, -0.25) is 4.98 Å². The Labute approximate surface area is 118 Å². The summed E-state index contributed by atoms with van der Waals surface area (Å²) in [4.78, 5) is 6.80. The Morgan fingerprint density at radius 1 is 1.26 bits per heavy atom. The summed E-state index contributed by atoms with van der Waals surface area (Å²) in [6.07, 6.45) is 7.72. The maximum Gasteiger partial charge on any atom is 0.0600 e. The Kier molecular flexibility index (Phi) is 7.49. The first-order valence-corrected chi connectivity index (χ1v) is 7.60. The maximum atomic E-state index is 4.32. The summed E-state index contributed by atoms with van der Waals surface area (Å²) in [6.45, 7) is 12.0. The van der Waals surface area contributed by atoms with Crippen LogP contribution >= 0.6 is 0 Å². The van der Waals surface area contributed by atoms with Gasteiger partial charge in [-0.25, -0.2) is 0 Å². The number of hydrogen-bond acceptors (Lipinski definition) is 3. The first-order chi connectivity index (χ1) is 9.20. The van der Waals surface area contributed by atoms with Crippen LogP contribution in [0.15, 0.2) is 18.5 Å². The molecule has 1 rings (SSSR count). The third-order valence-electron chi connectivity index (χ3n) is 3.39. The molecular weight excluding hydrogens is 234 g/mol. The zero-order valence-electron chi connectivity index (χ0n) is 12.9. The third-order valence-corrected chi connectivity index (χ3v) is 3.39. The zero-order chi connectivity index (χ0) is 14.1. The van der Waals surface area contributed by atoms with Crippen molar-refractivity contribution in [1.82, 2.24) is 10.3 Å². The van der Waals surface area contributed by atoms with Crippen LogP contribution in [0.1, 0.15) is 52.5 Å². The Bertz CT molecular complexity index is 350. The van der Waals surface area contributed by atoms with E-state index in [4.69, 9.17) is 0 Å². The number of unbranched alkanes of at least 4 members (excludes halogenated alkanes) is 2. The largest absolute Gasteiger partial charge is 0.368 e. The number of pyridine rings is 1. The normalized spacial score (nSPS) is 11.0. The molecule has 0 radical (unpaired) electrons. The highest BCUT2D eigenvalue weighted by molar-refractivity contribution is 5.52. The smallest absolute Gasteiger partial charge is 0.0600 e. The molecule has 0 unspecified atom stereocenters. The molecule has 1 heterocycles. The minimum Gasteiger partial charge on any atom is -0.368 e. The van der Waals surface area contributed by atoms with Crippen LogP contribution in [0.4, 0.5) is 5.69 Å². The summed E-state index contributed by atoms with van der Waals surface area (Å²) in [7, 11) is 0. The van der Waals surface area contributed by atoms with Crippen LogP contribution in [0.2, 0.25) is 0 Å². The molecule has 3 heteroatoms.